The van der Waals surface area contributed by atoms with Gasteiger partial charge in [0.05, 0.1) is 6.54 Å². The summed E-state index contributed by atoms with van der Waals surface area (Å²) in [4.78, 5) is 10.7. The molecule has 13 heavy (non-hydrogen) atoms. The number of carbonyl (C=O) groups is 1. The Hall–Kier alpha value is -0.620. The van der Waals surface area contributed by atoms with E-state index in [4.69, 9.17) is 10.5 Å². The molecule has 0 spiro atoms. The highest BCUT2D eigenvalue weighted by Crippen LogP contribution is 2.12. The quantitative estimate of drug-likeness (QED) is 0.674. The highest BCUT2D eigenvalue weighted by atomic mass is 127. The van der Waals surface area contributed by atoms with Crippen LogP contribution in [0.5, 0.6) is 0 Å². The average molecular weight is 291 g/mol. The van der Waals surface area contributed by atoms with Crippen molar-refractivity contribution in [1.82, 2.24) is 0 Å². The van der Waals surface area contributed by atoms with E-state index in [1.54, 1.807) is 0 Å². The summed E-state index contributed by atoms with van der Waals surface area (Å²) in [6.45, 7) is 0.235. The van der Waals surface area contributed by atoms with Gasteiger partial charge in [0.1, 0.15) is 6.61 Å². The second-order valence-electron chi connectivity index (χ2n) is 2.46. The van der Waals surface area contributed by atoms with Crippen LogP contribution in [0.4, 0.5) is 0 Å². The van der Waals surface area contributed by atoms with Crippen molar-refractivity contribution in [3.8, 4) is 0 Å². The lowest BCUT2D eigenvalue weighted by molar-refractivity contribution is -0.143. The summed E-state index contributed by atoms with van der Waals surface area (Å²) in [5.74, 6) is -0.375. The van der Waals surface area contributed by atoms with E-state index in [2.05, 4.69) is 22.6 Å². The van der Waals surface area contributed by atoms with E-state index >= 15 is 0 Å². The Labute approximate surface area is 90.4 Å². The lowest BCUT2D eigenvalue weighted by atomic mass is 10.2. The van der Waals surface area contributed by atoms with Crippen LogP contribution >= 0.6 is 22.6 Å². The van der Waals surface area contributed by atoms with Crippen molar-refractivity contribution in [2.45, 2.75) is 6.61 Å². The molecule has 0 radical (unpaired) electrons. The Morgan fingerprint density at radius 3 is 2.77 bits per heavy atom. The van der Waals surface area contributed by atoms with Gasteiger partial charge in [0.15, 0.2) is 0 Å². The van der Waals surface area contributed by atoms with E-state index in [9.17, 15) is 4.79 Å². The Kier molecular flexibility index (Phi) is 4.17. The van der Waals surface area contributed by atoms with Crippen LogP contribution in [0.3, 0.4) is 0 Å². The standard InChI is InChI=1S/C9H10INO2/c10-8-4-2-1-3-7(8)6-13-9(12)5-11/h1-4H,5-6,11H2. The number of esters is 1. The molecule has 0 heterocycles. The molecule has 0 aliphatic rings. The summed E-state index contributed by atoms with van der Waals surface area (Å²) in [6.07, 6.45) is 0. The number of benzene rings is 1. The first-order valence-electron chi connectivity index (χ1n) is 3.83. The van der Waals surface area contributed by atoms with Crippen molar-refractivity contribution in [3.63, 3.8) is 0 Å². The Morgan fingerprint density at radius 1 is 1.46 bits per heavy atom. The number of hydrogen-bond donors (Lipinski definition) is 1. The third-order valence-electron chi connectivity index (χ3n) is 1.51. The molecule has 2 N–H and O–H groups in total. The minimum absolute atomic E-state index is 0.0661. The van der Waals surface area contributed by atoms with Crippen molar-refractivity contribution in [3.05, 3.63) is 33.4 Å². The molecule has 0 saturated carbocycles. The number of nitrogens with two attached hydrogens (primary N) is 1. The summed E-state index contributed by atoms with van der Waals surface area (Å²) in [7, 11) is 0. The molecule has 0 bridgehead atoms. The summed E-state index contributed by atoms with van der Waals surface area (Å²) in [6, 6.07) is 7.74. The van der Waals surface area contributed by atoms with E-state index in [1.807, 2.05) is 24.3 Å². The van der Waals surface area contributed by atoms with E-state index in [0.29, 0.717) is 6.61 Å². The molecule has 0 fully saturated rings. The number of halogens is 1. The molecule has 1 rings (SSSR count). The van der Waals surface area contributed by atoms with Crippen molar-refractivity contribution in [1.29, 1.82) is 0 Å². The Bertz CT molecular complexity index is 301. The van der Waals surface area contributed by atoms with Crippen LogP contribution < -0.4 is 5.73 Å². The Balaban J connectivity index is 2.54. The van der Waals surface area contributed by atoms with Gasteiger partial charge >= 0.3 is 5.97 Å². The van der Waals surface area contributed by atoms with Gasteiger partial charge in [-0.25, -0.2) is 0 Å². The second-order valence-corrected chi connectivity index (χ2v) is 3.62. The van der Waals surface area contributed by atoms with Gasteiger partial charge in [-0.2, -0.15) is 0 Å². The molecule has 0 aliphatic heterocycles. The SMILES string of the molecule is NCC(=O)OCc1ccccc1I. The third-order valence-corrected chi connectivity index (χ3v) is 2.57. The van der Waals surface area contributed by atoms with E-state index in [1.165, 1.54) is 0 Å². The molecular weight excluding hydrogens is 281 g/mol. The van der Waals surface area contributed by atoms with Crippen molar-refractivity contribution in [2.24, 2.45) is 5.73 Å². The van der Waals surface area contributed by atoms with Crippen LogP contribution in [-0.2, 0) is 16.1 Å². The molecule has 0 aromatic heterocycles. The molecule has 0 atom stereocenters. The average Bonchev–Trinajstić information content (AvgIpc) is 2.16. The first-order valence-corrected chi connectivity index (χ1v) is 4.91. The second kappa shape index (κ2) is 5.18. The maximum atomic E-state index is 10.7. The first kappa shape index (κ1) is 10.5. The van der Waals surface area contributed by atoms with Gasteiger partial charge in [-0.15, -0.1) is 0 Å². The minimum Gasteiger partial charge on any atom is -0.460 e. The minimum atomic E-state index is -0.375. The van der Waals surface area contributed by atoms with Gasteiger partial charge in [-0.1, -0.05) is 18.2 Å². The lowest BCUT2D eigenvalue weighted by Crippen LogP contribution is -2.16. The normalized spacial score (nSPS) is 9.69. The van der Waals surface area contributed by atoms with Gasteiger partial charge in [-0.3, -0.25) is 4.79 Å². The van der Waals surface area contributed by atoms with Crippen LogP contribution in [-0.4, -0.2) is 12.5 Å². The molecule has 0 unspecified atom stereocenters. The topological polar surface area (TPSA) is 52.3 Å². The van der Waals surface area contributed by atoms with Gasteiger partial charge in [0.25, 0.3) is 0 Å². The highest BCUT2D eigenvalue weighted by molar-refractivity contribution is 14.1. The predicted octanol–water partition coefficient (Wildman–Crippen LogP) is 1.29. The molecule has 70 valence electrons. The molecular formula is C9H10INO2. The zero-order valence-corrected chi connectivity index (χ0v) is 9.15. The summed E-state index contributed by atoms with van der Waals surface area (Å²) in [5, 5.41) is 0. The van der Waals surface area contributed by atoms with Gasteiger partial charge < -0.3 is 10.5 Å². The maximum Gasteiger partial charge on any atom is 0.320 e. The zero-order valence-electron chi connectivity index (χ0n) is 7.00. The van der Waals surface area contributed by atoms with Gasteiger partial charge in [0.2, 0.25) is 0 Å². The van der Waals surface area contributed by atoms with Crippen LogP contribution in [0.1, 0.15) is 5.56 Å². The Morgan fingerprint density at radius 2 is 2.15 bits per heavy atom. The smallest absolute Gasteiger partial charge is 0.320 e. The molecule has 0 saturated heterocycles. The number of hydrogen-bond acceptors (Lipinski definition) is 3. The summed E-state index contributed by atoms with van der Waals surface area (Å²) in [5.41, 5.74) is 6.10. The van der Waals surface area contributed by atoms with Crippen LogP contribution in [0.15, 0.2) is 24.3 Å². The summed E-state index contributed by atoms with van der Waals surface area (Å²) >= 11 is 2.20. The molecule has 1 aromatic rings. The van der Waals surface area contributed by atoms with Gasteiger partial charge in [0, 0.05) is 9.13 Å². The fourth-order valence-electron chi connectivity index (χ4n) is 0.833. The van der Waals surface area contributed by atoms with Gasteiger partial charge in [-0.05, 0) is 28.7 Å². The van der Waals surface area contributed by atoms with Crippen LogP contribution in [0.25, 0.3) is 0 Å². The van der Waals surface area contributed by atoms with Crippen LogP contribution in [0.2, 0.25) is 0 Å². The van der Waals surface area contributed by atoms with Crippen molar-refractivity contribution < 1.29 is 9.53 Å². The fourth-order valence-corrected chi connectivity index (χ4v) is 1.38. The molecule has 1 aromatic carbocycles. The monoisotopic (exact) mass is 291 g/mol. The first-order chi connectivity index (χ1) is 6.24. The predicted molar refractivity (Wildman–Crippen MR) is 58.0 cm³/mol. The van der Waals surface area contributed by atoms with E-state index < -0.39 is 0 Å². The molecule has 0 aliphatic carbocycles. The van der Waals surface area contributed by atoms with Crippen molar-refractivity contribution in [2.75, 3.05) is 6.54 Å². The number of rotatable bonds is 3. The maximum absolute atomic E-state index is 10.7. The fraction of sp³-hybridized carbons (Fsp3) is 0.222. The summed E-state index contributed by atoms with van der Waals surface area (Å²) < 4.78 is 5.98. The molecule has 3 nitrogen and oxygen atoms in total. The number of ether oxygens (including phenoxy) is 1. The lowest BCUT2D eigenvalue weighted by Gasteiger charge is -2.04. The molecule has 4 heteroatoms. The molecule has 0 amide bonds. The third kappa shape index (κ3) is 3.31. The largest absolute Gasteiger partial charge is 0.460 e. The number of carbonyl (C=O) groups excluding carboxylic acids is 1. The van der Waals surface area contributed by atoms with E-state index in [-0.39, 0.29) is 12.5 Å². The van der Waals surface area contributed by atoms with Crippen LogP contribution in [0, 0.1) is 3.57 Å². The van der Waals surface area contributed by atoms with E-state index in [0.717, 1.165) is 9.13 Å². The zero-order chi connectivity index (χ0) is 9.68. The van der Waals surface area contributed by atoms with Crippen molar-refractivity contribution >= 4 is 28.6 Å². The highest BCUT2D eigenvalue weighted by Gasteiger charge is 2.01.